The number of anilines is 1. The summed E-state index contributed by atoms with van der Waals surface area (Å²) in [6, 6.07) is 3.13. The number of halogens is 1. The van der Waals surface area contributed by atoms with Crippen LogP contribution in [-0.2, 0) is 15.0 Å². The third-order valence-corrected chi connectivity index (χ3v) is 6.48. The van der Waals surface area contributed by atoms with Crippen molar-refractivity contribution in [2.45, 2.75) is 12.8 Å². The van der Waals surface area contributed by atoms with Crippen molar-refractivity contribution in [1.29, 1.82) is 0 Å². The van der Waals surface area contributed by atoms with Crippen molar-refractivity contribution >= 4 is 33.4 Å². The van der Waals surface area contributed by atoms with Crippen LogP contribution in [0, 0.1) is 5.92 Å². The molecule has 0 saturated carbocycles. The van der Waals surface area contributed by atoms with Crippen molar-refractivity contribution in [3.8, 4) is 11.5 Å². The van der Waals surface area contributed by atoms with Crippen LogP contribution < -0.4 is 14.8 Å². The van der Waals surface area contributed by atoms with Gasteiger partial charge in [0.15, 0.2) is 0 Å². The molecule has 1 fully saturated rings. The lowest BCUT2D eigenvalue weighted by atomic mass is 9.98. The maximum Gasteiger partial charge on any atom is 0.281 e. The summed E-state index contributed by atoms with van der Waals surface area (Å²) in [5, 5.41) is 3.16. The van der Waals surface area contributed by atoms with E-state index in [2.05, 4.69) is 5.32 Å². The van der Waals surface area contributed by atoms with Gasteiger partial charge in [-0.1, -0.05) is 11.6 Å². The number of piperidine rings is 1. The lowest BCUT2D eigenvalue weighted by Gasteiger charge is -2.32. The number of carbonyl (C=O) groups excluding carboxylic acids is 1. The lowest BCUT2D eigenvalue weighted by Crippen LogP contribution is -2.47. The van der Waals surface area contributed by atoms with Gasteiger partial charge in [-0.2, -0.15) is 17.0 Å². The normalized spacial score (nSPS) is 18.6. The van der Waals surface area contributed by atoms with E-state index in [1.165, 1.54) is 32.6 Å². The summed E-state index contributed by atoms with van der Waals surface area (Å²) in [7, 11) is 2.36. The number of hydrogen-bond acceptors (Lipinski definition) is 5. The number of nitrogens with zero attached hydrogens (tertiary/aromatic N) is 2. The molecule has 0 aromatic heterocycles. The summed E-state index contributed by atoms with van der Waals surface area (Å²) in [5.74, 6) is 0.0807. The molecule has 0 unspecified atom stereocenters. The van der Waals surface area contributed by atoms with Crippen molar-refractivity contribution in [2.75, 3.05) is 46.7 Å². The van der Waals surface area contributed by atoms with Gasteiger partial charge in [0.25, 0.3) is 10.2 Å². The van der Waals surface area contributed by atoms with Crippen molar-refractivity contribution in [3.63, 3.8) is 0 Å². The molecule has 1 aromatic rings. The second-order valence-corrected chi connectivity index (χ2v) is 8.71. The van der Waals surface area contributed by atoms with Crippen LogP contribution in [-0.4, -0.2) is 64.3 Å². The number of benzene rings is 1. The fourth-order valence-electron chi connectivity index (χ4n) is 2.79. The summed E-state index contributed by atoms with van der Waals surface area (Å²) in [4.78, 5) is 12.7. The Bertz CT molecular complexity index is 769. The highest BCUT2D eigenvalue weighted by Crippen LogP contribution is 2.36. The Balaban J connectivity index is 2.17. The van der Waals surface area contributed by atoms with Crippen LogP contribution in [0.5, 0.6) is 11.5 Å². The van der Waals surface area contributed by atoms with Crippen molar-refractivity contribution in [1.82, 2.24) is 8.61 Å². The van der Waals surface area contributed by atoms with Gasteiger partial charge in [0.05, 0.1) is 30.8 Å². The maximum atomic E-state index is 12.7. The average molecular weight is 406 g/mol. The van der Waals surface area contributed by atoms with Crippen LogP contribution in [0.2, 0.25) is 5.02 Å². The Hall–Kier alpha value is -1.55. The largest absolute Gasteiger partial charge is 0.495 e. The van der Waals surface area contributed by atoms with Crippen molar-refractivity contribution < 1.29 is 22.7 Å². The Morgan fingerprint density at radius 2 is 1.92 bits per heavy atom. The van der Waals surface area contributed by atoms with Gasteiger partial charge in [0.2, 0.25) is 5.91 Å². The van der Waals surface area contributed by atoms with Crippen LogP contribution in [0.3, 0.4) is 0 Å². The average Bonchev–Trinajstić information content (AvgIpc) is 2.62. The molecule has 26 heavy (non-hydrogen) atoms. The minimum absolute atomic E-state index is 0.138. The number of nitrogens with one attached hydrogen (secondary N) is 1. The summed E-state index contributed by atoms with van der Waals surface area (Å²) >= 11 is 6.07. The number of methoxy groups -OCH3 is 2. The van der Waals surface area contributed by atoms with E-state index in [1.807, 2.05) is 0 Å². The summed E-state index contributed by atoms with van der Waals surface area (Å²) < 4.78 is 37.5. The molecule has 8 nitrogen and oxygen atoms in total. The van der Waals surface area contributed by atoms with Crippen LogP contribution in [0.15, 0.2) is 12.1 Å². The molecule has 1 heterocycles. The molecule has 1 atom stereocenters. The van der Waals surface area contributed by atoms with E-state index in [4.69, 9.17) is 21.1 Å². The highest BCUT2D eigenvalue weighted by molar-refractivity contribution is 7.86. The Morgan fingerprint density at radius 1 is 1.27 bits per heavy atom. The predicted molar refractivity (Wildman–Crippen MR) is 100 cm³/mol. The van der Waals surface area contributed by atoms with E-state index in [0.29, 0.717) is 41.6 Å². The molecule has 1 N–H and O–H groups in total. The summed E-state index contributed by atoms with van der Waals surface area (Å²) in [6.45, 7) is 0.543. The zero-order valence-electron chi connectivity index (χ0n) is 15.3. The molecule has 0 aliphatic carbocycles. The molecule has 1 aliphatic heterocycles. The molecule has 1 aromatic carbocycles. The third kappa shape index (κ3) is 4.40. The van der Waals surface area contributed by atoms with E-state index in [-0.39, 0.29) is 12.5 Å². The minimum atomic E-state index is -3.54. The zero-order chi connectivity index (χ0) is 19.5. The molecule has 2 rings (SSSR count). The minimum Gasteiger partial charge on any atom is -0.495 e. The molecule has 1 saturated heterocycles. The molecule has 1 amide bonds. The van der Waals surface area contributed by atoms with Gasteiger partial charge in [-0.25, -0.2) is 0 Å². The van der Waals surface area contributed by atoms with Crippen LogP contribution in [0.1, 0.15) is 12.8 Å². The smallest absolute Gasteiger partial charge is 0.281 e. The van der Waals surface area contributed by atoms with Gasteiger partial charge >= 0.3 is 0 Å². The maximum absolute atomic E-state index is 12.7. The first-order chi connectivity index (χ1) is 12.2. The monoisotopic (exact) mass is 405 g/mol. The van der Waals surface area contributed by atoms with Gasteiger partial charge in [-0.3, -0.25) is 4.79 Å². The highest BCUT2D eigenvalue weighted by atomic mass is 35.5. The first-order valence-corrected chi connectivity index (χ1v) is 9.88. The molecular formula is C16H24ClN3O5S. The quantitative estimate of drug-likeness (QED) is 0.779. The van der Waals surface area contributed by atoms with Gasteiger partial charge in [-0.05, 0) is 12.8 Å². The van der Waals surface area contributed by atoms with Gasteiger partial charge in [0, 0.05) is 39.3 Å². The second-order valence-electron chi connectivity index (χ2n) is 6.16. The second kappa shape index (κ2) is 8.43. The van der Waals surface area contributed by atoms with E-state index in [0.717, 1.165) is 4.31 Å². The van der Waals surface area contributed by atoms with E-state index in [9.17, 15) is 13.2 Å². The Morgan fingerprint density at radius 3 is 2.50 bits per heavy atom. The number of ether oxygens (including phenoxy) is 2. The highest BCUT2D eigenvalue weighted by Gasteiger charge is 2.33. The topological polar surface area (TPSA) is 88.2 Å². The van der Waals surface area contributed by atoms with E-state index >= 15 is 0 Å². The van der Waals surface area contributed by atoms with Gasteiger partial charge in [0.1, 0.15) is 11.5 Å². The zero-order valence-corrected chi connectivity index (χ0v) is 16.9. The lowest BCUT2D eigenvalue weighted by molar-refractivity contribution is -0.120. The summed E-state index contributed by atoms with van der Waals surface area (Å²) in [5.41, 5.74) is 0.423. The van der Waals surface area contributed by atoms with Crippen molar-refractivity contribution in [3.05, 3.63) is 17.2 Å². The Labute approximate surface area is 159 Å². The van der Waals surface area contributed by atoms with Gasteiger partial charge < -0.3 is 14.8 Å². The Kier molecular flexibility index (Phi) is 6.73. The van der Waals surface area contributed by atoms with Crippen LogP contribution in [0.4, 0.5) is 5.69 Å². The summed E-state index contributed by atoms with van der Waals surface area (Å²) in [6.07, 6.45) is 1.23. The fraction of sp³-hybridized carbons (Fsp3) is 0.562. The first-order valence-electron chi connectivity index (χ1n) is 8.10. The predicted octanol–water partition coefficient (Wildman–Crippen LogP) is 1.81. The van der Waals surface area contributed by atoms with E-state index in [1.54, 1.807) is 12.1 Å². The fourth-order valence-corrected chi connectivity index (χ4v) is 4.21. The number of carbonyl (C=O) groups is 1. The van der Waals surface area contributed by atoms with E-state index < -0.39 is 16.1 Å². The molecular weight excluding hydrogens is 382 g/mol. The number of rotatable bonds is 6. The molecule has 0 spiro atoms. The SMILES string of the molecule is COc1cc(NC(=O)[C@@H]2CCCN(S(=O)(=O)N(C)C)C2)c(OC)cc1Cl. The third-order valence-electron chi connectivity index (χ3n) is 4.27. The molecule has 146 valence electrons. The molecule has 1 aliphatic rings. The standard InChI is InChI=1S/C16H24ClN3O5S/c1-19(2)26(22,23)20-7-5-6-11(10-20)16(21)18-13-9-14(24-3)12(17)8-15(13)25-4/h8-9,11H,5-7,10H2,1-4H3,(H,18,21)/t11-/m1/s1. The molecule has 0 radical (unpaired) electrons. The van der Waals surface area contributed by atoms with Crippen LogP contribution >= 0.6 is 11.6 Å². The number of hydrogen-bond donors (Lipinski definition) is 1. The van der Waals surface area contributed by atoms with Crippen LogP contribution in [0.25, 0.3) is 0 Å². The van der Waals surface area contributed by atoms with Gasteiger partial charge in [-0.15, -0.1) is 0 Å². The number of amides is 1. The first kappa shape index (κ1) is 20.8. The molecule has 10 heteroatoms. The molecule has 0 bridgehead atoms. The van der Waals surface area contributed by atoms with Crippen molar-refractivity contribution in [2.24, 2.45) is 5.92 Å².